The van der Waals surface area contributed by atoms with E-state index < -0.39 is 12.1 Å². The van der Waals surface area contributed by atoms with Gasteiger partial charge in [-0.1, -0.05) is 42.5 Å². The van der Waals surface area contributed by atoms with Crippen LogP contribution in [0.25, 0.3) is 33.2 Å². The van der Waals surface area contributed by atoms with E-state index in [1.165, 1.54) is 7.11 Å². The van der Waals surface area contributed by atoms with Crippen LogP contribution >= 0.6 is 0 Å². The van der Waals surface area contributed by atoms with Crippen molar-refractivity contribution in [1.82, 2.24) is 35.1 Å². The lowest BCUT2D eigenvalue weighted by Gasteiger charge is -2.33. The van der Waals surface area contributed by atoms with Gasteiger partial charge in [-0.2, -0.15) is 0 Å². The molecule has 2 aliphatic heterocycles. The van der Waals surface area contributed by atoms with Crippen molar-refractivity contribution in [3.63, 3.8) is 0 Å². The van der Waals surface area contributed by atoms with Crippen LogP contribution in [0.4, 0.5) is 9.59 Å². The van der Waals surface area contributed by atoms with Crippen LogP contribution in [0.1, 0.15) is 68.3 Å². The maximum Gasteiger partial charge on any atom is 0.410 e. The summed E-state index contributed by atoms with van der Waals surface area (Å²) >= 11 is 0. The molecule has 12 nitrogen and oxygen atoms in total. The summed E-state index contributed by atoms with van der Waals surface area (Å²) in [5.41, 5.74) is 6.40. The Labute approximate surface area is 277 Å². The summed E-state index contributed by atoms with van der Waals surface area (Å²) in [5.74, 6) is 1.32. The minimum absolute atomic E-state index is 0.170. The summed E-state index contributed by atoms with van der Waals surface area (Å²) in [4.78, 5) is 58.2. The molecule has 2 fully saturated rings. The highest BCUT2D eigenvalue weighted by molar-refractivity contribution is 5.87. The van der Waals surface area contributed by atoms with Crippen molar-refractivity contribution < 1.29 is 23.9 Å². The van der Waals surface area contributed by atoms with Gasteiger partial charge in [0.25, 0.3) is 0 Å². The number of nitrogens with zero attached hydrogens (tertiary/aromatic N) is 4. The minimum Gasteiger partial charge on any atom is -0.453 e. The smallest absolute Gasteiger partial charge is 0.410 e. The van der Waals surface area contributed by atoms with Crippen LogP contribution in [0.5, 0.6) is 0 Å². The molecule has 4 heterocycles. The number of fused-ring (bicyclic) bond motifs is 2. The number of hydrogen-bond acceptors (Lipinski definition) is 7. The monoisotopic (exact) mass is 649 g/mol. The number of aromatic nitrogens is 4. The van der Waals surface area contributed by atoms with Gasteiger partial charge in [0.05, 0.1) is 41.3 Å². The summed E-state index contributed by atoms with van der Waals surface area (Å²) in [6.45, 7) is 3.12. The number of benzene rings is 3. The zero-order chi connectivity index (χ0) is 33.2. The van der Waals surface area contributed by atoms with E-state index in [0.717, 1.165) is 82.5 Å². The Morgan fingerprint density at radius 1 is 0.833 bits per heavy atom. The second-order valence-electron chi connectivity index (χ2n) is 12.5. The van der Waals surface area contributed by atoms with E-state index in [-0.39, 0.29) is 30.7 Å². The largest absolute Gasteiger partial charge is 0.453 e. The highest BCUT2D eigenvalue weighted by Crippen LogP contribution is 2.35. The highest BCUT2D eigenvalue weighted by Gasteiger charge is 2.35. The first-order valence-electron chi connectivity index (χ1n) is 16.5. The Bertz CT molecular complexity index is 1950. The normalized spacial score (nSPS) is 18.6. The number of aromatic amines is 2. The number of hydrogen-bond donors (Lipinski definition) is 3. The number of carbonyl (C=O) groups excluding carboxylic acids is 3. The van der Waals surface area contributed by atoms with E-state index in [2.05, 4.69) is 32.2 Å². The molecule has 3 amide bonds. The quantitative estimate of drug-likeness (QED) is 0.186. The molecule has 0 unspecified atom stereocenters. The molecule has 248 valence electrons. The molecule has 3 atom stereocenters. The highest BCUT2D eigenvalue weighted by atomic mass is 16.6. The number of methoxy groups -OCH3 is 1. The molecular formula is C36H39N7O5. The van der Waals surface area contributed by atoms with Gasteiger partial charge >= 0.3 is 12.2 Å². The zero-order valence-corrected chi connectivity index (χ0v) is 27.1. The van der Waals surface area contributed by atoms with Crippen LogP contribution in [-0.4, -0.2) is 74.1 Å². The number of rotatable bonds is 7. The number of carbonyl (C=O) groups is 3. The fourth-order valence-electron chi connectivity index (χ4n) is 6.83. The number of alkyl carbamates (subject to hydrolysis) is 1. The standard InChI is InChI=1S/C36H39N7O5/c1-22(37-35(45)47-2)34(44)42-18-8-12-30(42)32-38-26-15-13-24(19-28(26)40-32)25-14-16-27-29(20-25)41-33(39-27)31-11-6-7-17-43(31)36(46)48-21-23-9-4-3-5-10-23/h3-5,9-10,13-16,19-20,22,30-31H,6-8,11-12,17-18,21H2,1-2H3,(H,37,45)(H,38,40)(H,39,41)/t22-,30-,31-/m0/s1. The third-order valence-corrected chi connectivity index (χ3v) is 9.33. The van der Waals surface area contributed by atoms with E-state index in [0.29, 0.717) is 13.1 Å². The van der Waals surface area contributed by atoms with E-state index in [1.54, 1.807) is 16.7 Å². The maximum atomic E-state index is 13.2. The van der Waals surface area contributed by atoms with Crippen LogP contribution in [0.3, 0.4) is 0 Å². The maximum absolute atomic E-state index is 13.2. The first kappa shape index (κ1) is 31.2. The molecule has 2 saturated heterocycles. The topological polar surface area (TPSA) is 146 Å². The van der Waals surface area contributed by atoms with Gasteiger partial charge in [0.2, 0.25) is 5.91 Å². The van der Waals surface area contributed by atoms with Crippen molar-refractivity contribution >= 4 is 40.2 Å². The molecule has 0 spiro atoms. The second kappa shape index (κ2) is 13.4. The predicted octanol–water partition coefficient (Wildman–Crippen LogP) is 6.38. The van der Waals surface area contributed by atoms with Crippen LogP contribution in [0.2, 0.25) is 0 Å². The summed E-state index contributed by atoms with van der Waals surface area (Å²) in [5, 5.41) is 2.57. The number of likely N-dealkylation sites (tertiary alicyclic amines) is 2. The lowest BCUT2D eigenvalue weighted by atomic mass is 10.0. The number of imidazole rings is 2. The van der Waals surface area contributed by atoms with Crippen LogP contribution in [0, 0.1) is 0 Å². The molecule has 7 rings (SSSR count). The van der Waals surface area contributed by atoms with E-state index in [9.17, 15) is 14.4 Å². The number of H-pyrrole nitrogens is 2. The van der Waals surface area contributed by atoms with Gasteiger partial charge in [-0.15, -0.1) is 0 Å². The molecule has 5 aromatic rings. The average Bonchev–Trinajstić information content (AvgIpc) is 3.88. The molecule has 3 N–H and O–H groups in total. The van der Waals surface area contributed by atoms with Gasteiger partial charge in [-0.25, -0.2) is 19.6 Å². The molecular weight excluding hydrogens is 610 g/mol. The fraction of sp³-hybridized carbons (Fsp3) is 0.361. The van der Waals surface area contributed by atoms with Crippen molar-refractivity contribution in [3.8, 4) is 11.1 Å². The Balaban J connectivity index is 1.08. The SMILES string of the molecule is COC(=O)N[C@@H](C)C(=O)N1CCC[C@H]1c1nc2ccc(-c3ccc4nc([C@@H]5CCCCN5C(=O)OCc5ccccc5)[nH]c4c3)cc2[nH]1. The molecule has 12 heteroatoms. The number of amides is 3. The lowest BCUT2D eigenvalue weighted by Crippen LogP contribution is -2.46. The molecule has 48 heavy (non-hydrogen) atoms. The van der Waals surface area contributed by atoms with Crippen molar-refractivity contribution in [3.05, 3.63) is 83.9 Å². The fourth-order valence-corrected chi connectivity index (χ4v) is 6.83. The van der Waals surface area contributed by atoms with E-state index in [4.69, 9.17) is 14.7 Å². The van der Waals surface area contributed by atoms with Crippen molar-refractivity contribution in [2.24, 2.45) is 0 Å². The van der Waals surface area contributed by atoms with Crippen LogP contribution in [0.15, 0.2) is 66.7 Å². The summed E-state index contributed by atoms with van der Waals surface area (Å²) in [6.07, 6.45) is 3.43. The molecule has 2 aromatic heterocycles. The molecule has 0 bridgehead atoms. The lowest BCUT2D eigenvalue weighted by molar-refractivity contribution is -0.134. The average molecular weight is 650 g/mol. The predicted molar refractivity (Wildman–Crippen MR) is 180 cm³/mol. The van der Waals surface area contributed by atoms with Gasteiger partial charge in [-0.3, -0.25) is 9.69 Å². The summed E-state index contributed by atoms with van der Waals surface area (Å²) < 4.78 is 10.3. The summed E-state index contributed by atoms with van der Waals surface area (Å²) in [6, 6.07) is 20.8. The Kier molecular flexibility index (Phi) is 8.70. The van der Waals surface area contributed by atoms with Crippen molar-refractivity contribution in [2.75, 3.05) is 20.2 Å². The van der Waals surface area contributed by atoms with Crippen LogP contribution in [-0.2, 0) is 20.9 Å². The zero-order valence-electron chi connectivity index (χ0n) is 27.1. The number of piperidine rings is 1. The minimum atomic E-state index is -0.707. The summed E-state index contributed by atoms with van der Waals surface area (Å²) in [7, 11) is 1.27. The first-order valence-corrected chi connectivity index (χ1v) is 16.5. The van der Waals surface area contributed by atoms with Crippen LogP contribution < -0.4 is 5.32 Å². The Morgan fingerprint density at radius 3 is 2.08 bits per heavy atom. The van der Waals surface area contributed by atoms with Gasteiger partial charge in [0.1, 0.15) is 24.3 Å². The van der Waals surface area contributed by atoms with Crippen molar-refractivity contribution in [1.29, 1.82) is 0 Å². The third-order valence-electron chi connectivity index (χ3n) is 9.33. The van der Waals surface area contributed by atoms with Gasteiger partial charge < -0.3 is 29.7 Å². The second-order valence-corrected chi connectivity index (χ2v) is 12.5. The molecule has 0 saturated carbocycles. The Hall–Kier alpha value is -5.39. The van der Waals surface area contributed by atoms with E-state index >= 15 is 0 Å². The number of nitrogens with one attached hydrogen (secondary N) is 3. The third kappa shape index (κ3) is 6.29. The molecule has 0 radical (unpaired) electrons. The molecule has 3 aromatic carbocycles. The molecule has 0 aliphatic carbocycles. The van der Waals surface area contributed by atoms with Gasteiger partial charge in [0, 0.05) is 13.1 Å². The van der Waals surface area contributed by atoms with Gasteiger partial charge in [0.15, 0.2) is 0 Å². The first-order chi connectivity index (χ1) is 23.4. The van der Waals surface area contributed by atoms with E-state index in [1.807, 2.05) is 54.6 Å². The Morgan fingerprint density at radius 2 is 1.44 bits per heavy atom. The number of ether oxygens (including phenoxy) is 2. The van der Waals surface area contributed by atoms with Gasteiger partial charge in [-0.05, 0) is 80.0 Å². The molecule has 2 aliphatic rings. The van der Waals surface area contributed by atoms with Crippen molar-refractivity contribution in [2.45, 2.75) is 63.8 Å².